The van der Waals surface area contributed by atoms with Crippen LogP contribution in [0.1, 0.15) is 18.0 Å². The second-order valence-corrected chi connectivity index (χ2v) is 3.87. The van der Waals surface area contributed by atoms with Crippen molar-refractivity contribution in [3.8, 4) is 0 Å². The Kier molecular flexibility index (Phi) is 2.91. The third-order valence-electron chi connectivity index (χ3n) is 2.68. The predicted octanol–water partition coefficient (Wildman–Crippen LogP) is 0.614. The molecule has 1 aliphatic heterocycles. The summed E-state index contributed by atoms with van der Waals surface area (Å²) in [5.41, 5.74) is 0.657. The second kappa shape index (κ2) is 4.37. The van der Waals surface area contributed by atoms with E-state index >= 15 is 0 Å². The minimum atomic E-state index is -1.12. The van der Waals surface area contributed by atoms with E-state index in [1.54, 1.807) is 30.3 Å². The van der Waals surface area contributed by atoms with Crippen LogP contribution in [0.2, 0.25) is 0 Å². The van der Waals surface area contributed by atoms with Crippen molar-refractivity contribution in [2.45, 2.75) is 12.5 Å². The number of benzene rings is 1. The summed E-state index contributed by atoms with van der Waals surface area (Å²) in [5.74, 6) is -1.79. The zero-order valence-electron chi connectivity index (χ0n) is 9.00. The van der Waals surface area contributed by atoms with Gasteiger partial charge in [-0.05, 0) is 5.56 Å². The van der Waals surface area contributed by atoms with Gasteiger partial charge in [0, 0.05) is 0 Å². The quantitative estimate of drug-likeness (QED) is 0.776. The van der Waals surface area contributed by atoms with E-state index in [1.807, 2.05) is 0 Å². The van der Waals surface area contributed by atoms with Crippen LogP contribution < -0.4 is 0 Å². The van der Waals surface area contributed by atoms with Gasteiger partial charge in [-0.3, -0.25) is 14.4 Å². The zero-order valence-corrected chi connectivity index (χ0v) is 9.00. The lowest BCUT2D eigenvalue weighted by atomic mass is 10.0. The fraction of sp³-hybridized carbons (Fsp3) is 0.250. The Hall–Kier alpha value is -2.17. The summed E-state index contributed by atoms with van der Waals surface area (Å²) in [6.07, 6.45) is -0.215. The first-order valence-corrected chi connectivity index (χ1v) is 5.18. The minimum Gasteiger partial charge on any atom is -0.480 e. The summed E-state index contributed by atoms with van der Waals surface area (Å²) >= 11 is 0. The largest absolute Gasteiger partial charge is 0.480 e. The van der Waals surface area contributed by atoms with Gasteiger partial charge in [-0.2, -0.15) is 0 Å². The Morgan fingerprint density at radius 1 is 1.29 bits per heavy atom. The molecule has 0 spiro atoms. The molecule has 88 valence electrons. The number of aliphatic carboxylic acids is 1. The summed E-state index contributed by atoms with van der Waals surface area (Å²) in [5, 5.41) is 8.74. The molecular weight excluding hydrogens is 222 g/mol. The number of rotatable bonds is 3. The van der Waals surface area contributed by atoms with E-state index in [-0.39, 0.29) is 12.2 Å². The van der Waals surface area contributed by atoms with Crippen LogP contribution in [0.4, 0.5) is 0 Å². The van der Waals surface area contributed by atoms with Gasteiger partial charge < -0.3 is 10.0 Å². The van der Waals surface area contributed by atoms with Crippen molar-refractivity contribution in [3.05, 3.63) is 35.9 Å². The predicted molar refractivity (Wildman–Crippen MR) is 58.2 cm³/mol. The molecule has 1 amide bonds. The van der Waals surface area contributed by atoms with Gasteiger partial charge in [0.25, 0.3) is 0 Å². The molecule has 0 bridgehead atoms. The van der Waals surface area contributed by atoms with Crippen LogP contribution in [-0.2, 0) is 14.4 Å². The second-order valence-electron chi connectivity index (χ2n) is 3.87. The molecule has 1 aromatic rings. The Morgan fingerprint density at radius 3 is 2.53 bits per heavy atom. The summed E-state index contributed by atoms with van der Waals surface area (Å²) < 4.78 is 0. The number of carbonyl (C=O) groups is 3. The Labute approximate surface area is 97.7 Å². The van der Waals surface area contributed by atoms with E-state index in [2.05, 4.69) is 0 Å². The first-order chi connectivity index (χ1) is 8.09. The number of Topliss-reactive ketones (excluding diaryl/α,β-unsaturated/α-hetero) is 1. The molecule has 1 unspecified atom stereocenters. The fourth-order valence-electron chi connectivity index (χ4n) is 1.99. The molecular formula is C12H11NO4. The molecule has 1 aliphatic rings. The molecule has 2 rings (SSSR count). The van der Waals surface area contributed by atoms with E-state index in [4.69, 9.17) is 5.11 Å². The number of ketones is 1. The molecule has 17 heavy (non-hydrogen) atoms. The van der Waals surface area contributed by atoms with Crippen molar-refractivity contribution in [1.29, 1.82) is 0 Å². The van der Waals surface area contributed by atoms with Crippen LogP contribution in [-0.4, -0.2) is 34.2 Å². The Morgan fingerprint density at radius 2 is 1.94 bits per heavy atom. The van der Waals surface area contributed by atoms with Crippen molar-refractivity contribution in [2.75, 3.05) is 6.54 Å². The Balaban J connectivity index is 2.32. The Bertz CT molecular complexity index is 469. The van der Waals surface area contributed by atoms with Crippen LogP contribution in [0, 0.1) is 0 Å². The summed E-state index contributed by atoms with van der Waals surface area (Å²) in [6, 6.07) is 7.99. The highest BCUT2D eigenvalue weighted by Gasteiger charge is 2.40. The number of carbonyl (C=O) groups excluding carboxylic acids is 2. The van der Waals surface area contributed by atoms with Crippen molar-refractivity contribution in [3.63, 3.8) is 0 Å². The highest BCUT2D eigenvalue weighted by molar-refractivity contribution is 6.08. The van der Waals surface area contributed by atoms with E-state index in [1.165, 1.54) is 0 Å². The van der Waals surface area contributed by atoms with E-state index in [9.17, 15) is 14.4 Å². The monoisotopic (exact) mass is 233 g/mol. The van der Waals surface area contributed by atoms with Gasteiger partial charge in [-0.15, -0.1) is 0 Å². The standard InChI is InChI=1S/C12H11NO4/c14-9-6-10(15)13(7-11(16)17)12(9)8-4-2-1-3-5-8/h1-5,12H,6-7H2,(H,16,17). The normalized spacial score (nSPS) is 19.8. The van der Waals surface area contributed by atoms with Gasteiger partial charge in [0.05, 0.1) is 6.42 Å². The lowest BCUT2D eigenvalue weighted by molar-refractivity contribution is -0.143. The molecule has 1 N–H and O–H groups in total. The molecule has 0 saturated carbocycles. The molecule has 5 nitrogen and oxygen atoms in total. The maximum Gasteiger partial charge on any atom is 0.323 e. The molecule has 1 saturated heterocycles. The van der Waals surface area contributed by atoms with Gasteiger partial charge in [0.2, 0.25) is 5.91 Å². The molecule has 0 radical (unpaired) electrons. The van der Waals surface area contributed by atoms with Crippen molar-refractivity contribution in [1.82, 2.24) is 4.90 Å². The number of nitrogens with zero attached hydrogens (tertiary/aromatic N) is 1. The summed E-state index contributed by atoms with van der Waals surface area (Å²) in [4.78, 5) is 35.1. The van der Waals surface area contributed by atoms with E-state index < -0.39 is 24.5 Å². The SMILES string of the molecule is O=C(O)CN1C(=O)CC(=O)C1c1ccccc1. The maximum absolute atomic E-state index is 11.7. The summed E-state index contributed by atoms with van der Waals surface area (Å²) in [7, 11) is 0. The first-order valence-electron chi connectivity index (χ1n) is 5.18. The average Bonchev–Trinajstić information content (AvgIpc) is 2.54. The van der Waals surface area contributed by atoms with Gasteiger partial charge in [-0.1, -0.05) is 30.3 Å². The number of hydrogen-bond acceptors (Lipinski definition) is 3. The van der Waals surface area contributed by atoms with Crippen LogP contribution in [0.3, 0.4) is 0 Å². The van der Waals surface area contributed by atoms with Crippen LogP contribution in [0.15, 0.2) is 30.3 Å². The molecule has 1 heterocycles. The van der Waals surface area contributed by atoms with Crippen LogP contribution in [0.25, 0.3) is 0 Å². The lowest BCUT2D eigenvalue weighted by Crippen LogP contribution is -2.33. The molecule has 0 aliphatic carbocycles. The molecule has 0 aromatic heterocycles. The molecule has 1 fully saturated rings. The van der Waals surface area contributed by atoms with Crippen molar-refractivity contribution >= 4 is 17.7 Å². The minimum absolute atomic E-state index is 0.215. The van der Waals surface area contributed by atoms with Crippen molar-refractivity contribution in [2.24, 2.45) is 0 Å². The van der Waals surface area contributed by atoms with Gasteiger partial charge in [0.1, 0.15) is 12.6 Å². The number of likely N-dealkylation sites (tertiary alicyclic amines) is 1. The molecule has 1 aromatic carbocycles. The van der Waals surface area contributed by atoms with E-state index in [0.29, 0.717) is 5.56 Å². The topological polar surface area (TPSA) is 74.7 Å². The smallest absolute Gasteiger partial charge is 0.323 e. The van der Waals surface area contributed by atoms with Gasteiger partial charge in [0.15, 0.2) is 5.78 Å². The number of carboxylic acids is 1. The van der Waals surface area contributed by atoms with E-state index in [0.717, 1.165) is 4.90 Å². The molecule has 5 heteroatoms. The number of amides is 1. The average molecular weight is 233 g/mol. The highest BCUT2D eigenvalue weighted by atomic mass is 16.4. The maximum atomic E-state index is 11.7. The number of hydrogen-bond donors (Lipinski definition) is 1. The molecule has 1 atom stereocenters. The zero-order chi connectivity index (χ0) is 12.4. The lowest BCUT2D eigenvalue weighted by Gasteiger charge is -2.21. The fourth-order valence-corrected chi connectivity index (χ4v) is 1.99. The summed E-state index contributed by atoms with van der Waals surface area (Å²) in [6.45, 7) is -0.440. The van der Waals surface area contributed by atoms with Gasteiger partial charge >= 0.3 is 5.97 Å². The third kappa shape index (κ3) is 2.18. The van der Waals surface area contributed by atoms with Crippen LogP contribution >= 0.6 is 0 Å². The number of carboxylic acid groups (broad SMARTS) is 1. The third-order valence-corrected chi connectivity index (χ3v) is 2.68. The van der Waals surface area contributed by atoms with Crippen LogP contribution in [0.5, 0.6) is 0 Å². The highest BCUT2D eigenvalue weighted by Crippen LogP contribution is 2.29. The van der Waals surface area contributed by atoms with Gasteiger partial charge in [-0.25, -0.2) is 0 Å². The van der Waals surface area contributed by atoms with Crippen molar-refractivity contribution < 1.29 is 19.5 Å². The first kappa shape index (κ1) is 11.3.